The second kappa shape index (κ2) is 9.68. The molecule has 0 bridgehead atoms. The Hall–Kier alpha value is -1.42. The fraction of sp³-hybridized carbons (Fsp3) is 0.609. The van der Waals surface area contributed by atoms with Crippen LogP contribution in [0.3, 0.4) is 0 Å². The summed E-state index contributed by atoms with van der Waals surface area (Å²) in [5, 5.41) is 0.548. The molecule has 1 aliphatic carbocycles. The van der Waals surface area contributed by atoms with Gasteiger partial charge in [0.05, 0.1) is 0 Å². The number of nitrogens with zero attached hydrogens (tertiary/aromatic N) is 1. The molecule has 0 aromatic heterocycles. The first-order valence-corrected chi connectivity index (χ1v) is 11.3. The number of aryl methyl sites for hydroxylation is 1. The van der Waals surface area contributed by atoms with Gasteiger partial charge in [-0.05, 0) is 49.5 Å². The van der Waals surface area contributed by atoms with Crippen LogP contribution in [0.15, 0.2) is 36.9 Å². The predicted molar refractivity (Wildman–Crippen MR) is 114 cm³/mol. The molecular weight excluding hydrogens is 354 g/mol. The van der Waals surface area contributed by atoms with Crippen LogP contribution in [0.2, 0.25) is 0 Å². The number of carbonyl (C=O) groups excluding carboxylic acids is 1. The van der Waals surface area contributed by atoms with E-state index in [0.717, 1.165) is 12.3 Å². The highest BCUT2D eigenvalue weighted by molar-refractivity contribution is 8.00. The highest BCUT2D eigenvalue weighted by Gasteiger charge is 2.40. The quantitative estimate of drug-likeness (QED) is 0.600. The minimum Gasteiger partial charge on any atom is -0.484 e. The van der Waals surface area contributed by atoms with Crippen molar-refractivity contribution < 1.29 is 9.53 Å². The average molecular weight is 388 g/mol. The van der Waals surface area contributed by atoms with E-state index in [2.05, 4.69) is 18.3 Å². The lowest BCUT2D eigenvalue weighted by atomic mass is 9.78. The highest BCUT2D eigenvalue weighted by atomic mass is 32.2. The van der Waals surface area contributed by atoms with E-state index in [-0.39, 0.29) is 12.5 Å². The Kier molecular flexibility index (Phi) is 7.28. The van der Waals surface area contributed by atoms with Crippen molar-refractivity contribution in [2.45, 2.75) is 57.1 Å². The van der Waals surface area contributed by atoms with Crippen LogP contribution in [-0.2, 0) is 4.79 Å². The number of benzene rings is 1. The second-order valence-electron chi connectivity index (χ2n) is 8.24. The summed E-state index contributed by atoms with van der Waals surface area (Å²) in [6.07, 6.45) is 11.4. The van der Waals surface area contributed by atoms with Crippen LogP contribution < -0.4 is 4.74 Å². The number of hydrogen-bond acceptors (Lipinski definition) is 3. The maximum atomic E-state index is 12.7. The molecule has 27 heavy (non-hydrogen) atoms. The normalized spacial score (nSPS) is 21.6. The fourth-order valence-electron chi connectivity index (χ4n) is 4.39. The Morgan fingerprint density at radius 2 is 1.96 bits per heavy atom. The van der Waals surface area contributed by atoms with Crippen LogP contribution in [0.25, 0.3) is 0 Å². The van der Waals surface area contributed by atoms with Crippen molar-refractivity contribution in [2.75, 3.05) is 25.4 Å². The molecular formula is C23H33NO2S. The number of amides is 1. The van der Waals surface area contributed by atoms with E-state index < -0.39 is 0 Å². The first-order valence-electron chi connectivity index (χ1n) is 10.3. The lowest BCUT2D eigenvalue weighted by Crippen LogP contribution is -2.39. The van der Waals surface area contributed by atoms with Crippen molar-refractivity contribution >= 4 is 17.7 Å². The molecule has 1 saturated heterocycles. The SMILES string of the molecule is C=CCN(CC1CC2(CCCCCC2)CS1)C(=O)COc1ccc(C)cc1. The van der Waals surface area contributed by atoms with E-state index in [9.17, 15) is 4.79 Å². The van der Waals surface area contributed by atoms with Crippen molar-refractivity contribution in [1.82, 2.24) is 4.90 Å². The Morgan fingerprint density at radius 3 is 2.63 bits per heavy atom. The maximum absolute atomic E-state index is 12.7. The minimum atomic E-state index is 0.0536. The van der Waals surface area contributed by atoms with Crippen molar-refractivity contribution in [1.29, 1.82) is 0 Å². The standard InChI is InChI=1S/C23H33NO2S/c1-3-14-24(22(25)17-26-20-10-8-19(2)9-11-20)16-21-15-23(18-27-21)12-6-4-5-7-13-23/h3,8-11,21H,1,4-7,12-18H2,2H3. The van der Waals surface area contributed by atoms with Crippen LogP contribution in [0.1, 0.15) is 50.5 Å². The van der Waals surface area contributed by atoms with Crippen molar-refractivity contribution in [3.8, 4) is 5.75 Å². The van der Waals surface area contributed by atoms with E-state index in [0.29, 0.717) is 17.2 Å². The van der Waals surface area contributed by atoms with Gasteiger partial charge in [0.2, 0.25) is 0 Å². The van der Waals surface area contributed by atoms with E-state index in [4.69, 9.17) is 4.74 Å². The molecule has 0 radical (unpaired) electrons. The Morgan fingerprint density at radius 1 is 1.26 bits per heavy atom. The van der Waals surface area contributed by atoms with Crippen LogP contribution in [0.4, 0.5) is 0 Å². The second-order valence-corrected chi connectivity index (χ2v) is 9.53. The van der Waals surface area contributed by atoms with Gasteiger partial charge in [-0.1, -0.05) is 49.5 Å². The van der Waals surface area contributed by atoms with E-state index >= 15 is 0 Å². The fourth-order valence-corrected chi connectivity index (χ4v) is 6.14. The first kappa shape index (κ1) is 20.3. The average Bonchev–Trinajstić information content (AvgIpc) is 2.91. The first-order chi connectivity index (χ1) is 13.1. The lowest BCUT2D eigenvalue weighted by Gasteiger charge is -2.28. The molecule has 2 aliphatic rings. The third-order valence-electron chi connectivity index (χ3n) is 5.96. The lowest BCUT2D eigenvalue weighted by molar-refractivity contribution is -0.132. The topological polar surface area (TPSA) is 29.5 Å². The molecule has 1 aromatic carbocycles. The molecule has 148 valence electrons. The van der Waals surface area contributed by atoms with Gasteiger partial charge < -0.3 is 9.64 Å². The van der Waals surface area contributed by atoms with Crippen LogP contribution >= 0.6 is 11.8 Å². The molecule has 1 saturated carbocycles. The number of thioether (sulfide) groups is 1. The summed E-state index contributed by atoms with van der Waals surface area (Å²) in [4.78, 5) is 14.7. The van der Waals surface area contributed by atoms with Gasteiger partial charge in [-0.15, -0.1) is 6.58 Å². The van der Waals surface area contributed by atoms with Gasteiger partial charge in [-0.3, -0.25) is 4.79 Å². The van der Waals surface area contributed by atoms with Gasteiger partial charge in [0.25, 0.3) is 5.91 Å². The number of ether oxygens (including phenoxy) is 1. The molecule has 1 spiro atoms. The van der Waals surface area contributed by atoms with Crippen LogP contribution in [0.5, 0.6) is 5.75 Å². The van der Waals surface area contributed by atoms with E-state index in [1.165, 1.54) is 56.3 Å². The largest absolute Gasteiger partial charge is 0.484 e. The molecule has 3 rings (SSSR count). The zero-order valence-corrected chi connectivity index (χ0v) is 17.4. The summed E-state index contributed by atoms with van der Waals surface area (Å²) in [5.41, 5.74) is 1.72. The number of carbonyl (C=O) groups is 1. The summed E-state index contributed by atoms with van der Waals surface area (Å²) in [6, 6.07) is 7.84. The Labute approximate surface area is 168 Å². The van der Waals surface area contributed by atoms with Crippen molar-refractivity contribution in [3.63, 3.8) is 0 Å². The van der Waals surface area contributed by atoms with Crippen LogP contribution in [0, 0.1) is 12.3 Å². The zero-order valence-electron chi connectivity index (χ0n) is 16.6. The van der Waals surface area contributed by atoms with Gasteiger partial charge >= 0.3 is 0 Å². The van der Waals surface area contributed by atoms with Crippen molar-refractivity contribution in [3.05, 3.63) is 42.5 Å². The predicted octanol–water partition coefficient (Wildman–Crippen LogP) is 5.23. The molecule has 4 heteroatoms. The summed E-state index contributed by atoms with van der Waals surface area (Å²) < 4.78 is 5.71. The minimum absolute atomic E-state index is 0.0536. The van der Waals surface area contributed by atoms with Crippen LogP contribution in [-0.4, -0.2) is 41.5 Å². The molecule has 1 amide bonds. The Bertz CT molecular complexity index is 620. The highest BCUT2D eigenvalue weighted by Crippen LogP contribution is 2.49. The van der Waals surface area contributed by atoms with Gasteiger partial charge in [0.1, 0.15) is 5.75 Å². The molecule has 0 N–H and O–H groups in total. The maximum Gasteiger partial charge on any atom is 0.260 e. The third-order valence-corrected chi connectivity index (χ3v) is 7.53. The zero-order chi connectivity index (χ0) is 19.1. The van der Waals surface area contributed by atoms with Gasteiger partial charge in [0.15, 0.2) is 6.61 Å². The van der Waals surface area contributed by atoms with Gasteiger partial charge in [-0.25, -0.2) is 0 Å². The Balaban J connectivity index is 1.52. The van der Waals surface area contributed by atoms with Crippen molar-refractivity contribution in [2.24, 2.45) is 5.41 Å². The molecule has 2 fully saturated rings. The summed E-state index contributed by atoms with van der Waals surface area (Å²) in [5.74, 6) is 2.08. The van der Waals surface area contributed by atoms with Gasteiger partial charge in [-0.2, -0.15) is 11.8 Å². The van der Waals surface area contributed by atoms with E-state index in [1.54, 1.807) is 0 Å². The summed E-state index contributed by atoms with van der Waals surface area (Å²) >= 11 is 2.08. The summed E-state index contributed by atoms with van der Waals surface area (Å²) in [6.45, 7) is 7.39. The smallest absolute Gasteiger partial charge is 0.260 e. The number of hydrogen-bond donors (Lipinski definition) is 0. The summed E-state index contributed by atoms with van der Waals surface area (Å²) in [7, 11) is 0. The van der Waals surface area contributed by atoms with E-state index in [1.807, 2.05) is 42.2 Å². The molecule has 3 nitrogen and oxygen atoms in total. The van der Waals surface area contributed by atoms with Gasteiger partial charge in [0, 0.05) is 18.3 Å². The molecule has 1 aromatic rings. The molecule has 1 atom stereocenters. The molecule has 1 unspecified atom stereocenters. The monoisotopic (exact) mass is 387 g/mol. The number of rotatable bonds is 7. The molecule has 1 heterocycles. The molecule has 1 aliphatic heterocycles. The third kappa shape index (κ3) is 5.78.